The first kappa shape index (κ1) is 19.0. The Labute approximate surface area is 163 Å². The molecular formula is C18H12Cl2FN3O3. The molecule has 1 aromatic carbocycles. The summed E-state index contributed by atoms with van der Waals surface area (Å²) in [7, 11) is 0. The maximum atomic E-state index is 13.5. The van der Waals surface area contributed by atoms with Crippen LogP contribution in [0.2, 0.25) is 10.2 Å². The van der Waals surface area contributed by atoms with Gasteiger partial charge in [-0.05, 0) is 24.6 Å². The first-order valence-electron chi connectivity index (χ1n) is 7.80. The molecule has 0 spiro atoms. The number of esters is 1. The highest BCUT2D eigenvalue weighted by Crippen LogP contribution is 2.42. The minimum Gasteiger partial charge on any atom is -0.505 e. The van der Waals surface area contributed by atoms with Gasteiger partial charge in [-0.3, -0.25) is 0 Å². The molecule has 0 aliphatic carbocycles. The van der Waals surface area contributed by atoms with Crippen molar-refractivity contribution in [2.24, 2.45) is 0 Å². The van der Waals surface area contributed by atoms with E-state index in [0.717, 1.165) is 0 Å². The van der Waals surface area contributed by atoms with Gasteiger partial charge in [0.15, 0.2) is 17.1 Å². The lowest BCUT2D eigenvalue weighted by Gasteiger charge is -2.10. The molecule has 2 aromatic heterocycles. The van der Waals surface area contributed by atoms with E-state index in [0.29, 0.717) is 5.56 Å². The molecule has 0 fully saturated rings. The van der Waals surface area contributed by atoms with Crippen molar-refractivity contribution >= 4 is 40.1 Å². The van der Waals surface area contributed by atoms with Gasteiger partial charge in [-0.15, -0.1) is 0 Å². The number of ether oxygens (including phenoxy) is 1. The van der Waals surface area contributed by atoms with Crippen LogP contribution in [-0.2, 0) is 11.3 Å². The van der Waals surface area contributed by atoms with Crippen molar-refractivity contribution in [3.63, 3.8) is 0 Å². The van der Waals surface area contributed by atoms with Crippen molar-refractivity contribution in [1.82, 2.24) is 9.55 Å². The number of aromatic hydroxyl groups is 1. The van der Waals surface area contributed by atoms with Gasteiger partial charge < -0.3 is 14.4 Å². The predicted molar refractivity (Wildman–Crippen MR) is 97.6 cm³/mol. The Bertz CT molecular complexity index is 1110. The quantitative estimate of drug-likeness (QED) is 0.651. The Morgan fingerprint density at radius 3 is 2.81 bits per heavy atom. The van der Waals surface area contributed by atoms with E-state index in [1.54, 1.807) is 13.0 Å². The SMILES string of the molecule is CCOC(=O)c1nc(C#N)c2c(c1O)c(Cl)c(Cl)n2Cc1cccc(F)c1. The van der Waals surface area contributed by atoms with Crippen molar-refractivity contribution in [2.45, 2.75) is 13.5 Å². The number of nitrogens with zero attached hydrogens (tertiary/aromatic N) is 3. The standard InChI is InChI=1S/C18H12Cl2FN3O3/c1-2-27-18(26)14-16(25)12-13(19)17(20)24(15(12)11(7-22)23-14)8-9-4-3-5-10(21)6-9/h3-6,25H,2,8H2,1H3. The summed E-state index contributed by atoms with van der Waals surface area (Å²) in [6, 6.07) is 7.68. The summed E-state index contributed by atoms with van der Waals surface area (Å²) < 4.78 is 19.8. The van der Waals surface area contributed by atoms with Crippen LogP contribution in [0.4, 0.5) is 4.39 Å². The fraction of sp³-hybridized carbons (Fsp3) is 0.167. The lowest BCUT2D eigenvalue weighted by molar-refractivity contribution is 0.0516. The molecule has 0 amide bonds. The van der Waals surface area contributed by atoms with Crippen molar-refractivity contribution in [2.75, 3.05) is 6.61 Å². The highest BCUT2D eigenvalue weighted by Gasteiger charge is 2.27. The van der Waals surface area contributed by atoms with Crippen LogP contribution in [0, 0.1) is 17.1 Å². The van der Waals surface area contributed by atoms with E-state index >= 15 is 0 Å². The van der Waals surface area contributed by atoms with E-state index in [1.807, 2.05) is 6.07 Å². The Morgan fingerprint density at radius 2 is 2.19 bits per heavy atom. The molecule has 9 heteroatoms. The molecule has 6 nitrogen and oxygen atoms in total. The average molecular weight is 408 g/mol. The van der Waals surface area contributed by atoms with E-state index in [9.17, 15) is 19.6 Å². The van der Waals surface area contributed by atoms with Crippen molar-refractivity contribution < 1.29 is 19.0 Å². The molecule has 3 rings (SSSR count). The van der Waals surface area contributed by atoms with E-state index in [1.165, 1.54) is 22.8 Å². The second kappa shape index (κ2) is 7.43. The highest BCUT2D eigenvalue weighted by molar-refractivity contribution is 6.46. The second-order valence-electron chi connectivity index (χ2n) is 5.53. The molecular weight excluding hydrogens is 396 g/mol. The van der Waals surface area contributed by atoms with Crippen LogP contribution >= 0.6 is 23.2 Å². The van der Waals surface area contributed by atoms with Crippen molar-refractivity contribution in [1.29, 1.82) is 5.26 Å². The second-order valence-corrected chi connectivity index (χ2v) is 6.27. The number of fused-ring (bicyclic) bond motifs is 1. The maximum absolute atomic E-state index is 13.5. The summed E-state index contributed by atoms with van der Waals surface area (Å²) in [5.74, 6) is -1.86. The minimum absolute atomic E-state index is 0.00710. The highest BCUT2D eigenvalue weighted by atomic mass is 35.5. The number of carbonyl (C=O) groups excluding carboxylic acids is 1. The van der Waals surface area contributed by atoms with Gasteiger partial charge in [0.25, 0.3) is 0 Å². The number of carbonyl (C=O) groups is 1. The Hall–Kier alpha value is -2.82. The number of benzene rings is 1. The summed E-state index contributed by atoms with van der Waals surface area (Å²) in [5, 5.41) is 20.0. The Kier molecular flexibility index (Phi) is 5.22. The number of rotatable bonds is 4. The molecule has 0 saturated carbocycles. The molecule has 0 atom stereocenters. The van der Waals surface area contributed by atoms with Gasteiger partial charge in [0.2, 0.25) is 0 Å². The van der Waals surface area contributed by atoms with Crippen LogP contribution < -0.4 is 0 Å². The lowest BCUT2D eigenvalue weighted by atomic mass is 10.2. The molecule has 0 aliphatic rings. The van der Waals surface area contributed by atoms with E-state index in [-0.39, 0.29) is 39.9 Å². The van der Waals surface area contributed by atoms with E-state index in [4.69, 9.17) is 27.9 Å². The lowest BCUT2D eigenvalue weighted by Crippen LogP contribution is -2.10. The molecule has 138 valence electrons. The molecule has 3 aromatic rings. The van der Waals surface area contributed by atoms with Crippen molar-refractivity contribution in [3.8, 4) is 11.8 Å². The largest absolute Gasteiger partial charge is 0.505 e. The molecule has 0 bridgehead atoms. The van der Waals surface area contributed by atoms with E-state index < -0.39 is 23.2 Å². The molecule has 0 aliphatic heterocycles. The zero-order valence-electron chi connectivity index (χ0n) is 14.0. The van der Waals surface area contributed by atoms with Crippen LogP contribution in [0.15, 0.2) is 24.3 Å². The monoisotopic (exact) mass is 407 g/mol. The van der Waals surface area contributed by atoms with Crippen LogP contribution in [0.25, 0.3) is 10.9 Å². The van der Waals surface area contributed by atoms with Gasteiger partial charge in [0.1, 0.15) is 17.0 Å². The summed E-state index contributed by atoms with van der Waals surface area (Å²) in [5.41, 5.74) is 0.101. The molecule has 27 heavy (non-hydrogen) atoms. The zero-order chi connectivity index (χ0) is 19.7. The fourth-order valence-corrected chi connectivity index (χ4v) is 3.26. The van der Waals surface area contributed by atoms with Gasteiger partial charge in [0.05, 0.1) is 22.5 Å². The van der Waals surface area contributed by atoms with Crippen LogP contribution in [-0.4, -0.2) is 27.2 Å². The third kappa shape index (κ3) is 3.29. The maximum Gasteiger partial charge on any atom is 0.360 e. The first-order valence-corrected chi connectivity index (χ1v) is 8.56. The molecule has 0 saturated heterocycles. The third-order valence-corrected chi connectivity index (χ3v) is 4.72. The number of halogens is 3. The number of hydrogen-bond acceptors (Lipinski definition) is 5. The van der Waals surface area contributed by atoms with Gasteiger partial charge >= 0.3 is 5.97 Å². The van der Waals surface area contributed by atoms with Crippen LogP contribution in [0.1, 0.15) is 28.7 Å². The Morgan fingerprint density at radius 1 is 1.44 bits per heavy atom. The third-order valence-electron chi connectivity index (χ3n) is 3.86. The molecule has 0 unspecified atom stereocenters. The number of hydrogen-bond donors (Lipinski definition) is 1. The molecule has 0 radical (unpaired) electrons. The van der Waals surface area contributed by atoms with E-state index in [2.05, 4.69) is 4.98 Å². The number of pyridine rings is 1. The van der Waals surface area contributed by atoms with Gasteiger partial charge in [-0.2, -0.15) is 5.26 Å². The van der Waals surface area contributed by atoms with Crippen molar-refractivity contribution in [3.05, 3.63) is 57.2 Å². The topological polar surface area (TPSA) is 88.1 Å². The van der Waals surface area contributed by atoms with Gasteiger partial charge in [-0.25, -0.2) is 14.2 Å². The molecule has 2 heterocycles. The minimum atomic E-state index is -0.890. The summed E-state index contributed by atoms with van der Waals surface area (Å²) in [4.78, 5) is 15.9. The summed E-state index contributed by atoms with van der Waals surface area (Å²) in [6.07, 6.45) is 0. The summed E-state index contributed by atoms with van der Waals surface area (Å²) >= 11 is 12.5. The predicted octanol–water partition coefficient (Wildman–Crippen LogP) is 4.28. The van der Waals surface area contributed by atoms with Crippen LogP contribution in [0.3, 0.4) is 0 Å². The van der Waals surface area contributed by atoms with Gasteiger partial charge in [0, 0.05) is 6.54 Å². The first-order chi connectivity index (χ1) is 12.9. The average Bonchev–Trinajstić information content (AvgIpc) is 2.88. The van der Waals surface area contributed by atoms with Crippen LogP contribution in [0.5, 0.6) is 5.75 Å². The normalized spacial score (nSPS) is 10.8. The summed E-state index contributed by atoms with van der Waals surface area (Å²) in [6.45, 7) is 1.74. The zero-order valence-corrected chi connectivity index (χ0v) is 15.5. The Balaban J connectivity index is 2.28. The number of nitriles is 1. The number of aromatic nitrogens is 2. The smallest absolute Gasteiger partial charge is 0.360 e. The van der Waals surface area contributed by atoms with Gasteiger partial charge in [-0.1, -0.05) is 35.3 Å². The fourth-order valence-electron chi connectivity index (χ4n) is 2.74. The molecule has 1 N–H and O–H groups in total.